The summed E-state index contributed by atoms with van der Waals surface area (Å²) in [7, 11) is 1.16. The van der Waals surface area contributed by atoms with Gasteiger partial charge in [0.05, 0.1) is 27.7 Å². The minimum absolute atomic E-state index is 0.0356. The van der Waals surface area contributed by atoms with Gasteiger partial charge in [-0.1, -0.05) is 314 Å². The fourth-order valence-corrected chi connectivity index (χ4v) is 10.8. The number of phosphoric ester groups is 1. The molecule has 0 aliphatic heterocycles. The van der Waals surface area contributed by atoms with Crippen molar-refractivity contribution in [2.75, 3.05) is 47.5 Å². The number of phosphoric acid groups is 1. The number of carbonyl (C=O) groups is 2. The van der Waals surface area contributed by atoms with E-state index in [0.29, 0.717) is 17.4 Å². The highest BCUT2D eigenvalue weighted by molar-refractivity contribution is 7.45. The Labute approximate surface area is 555 Å². The molecule has 0 aliphatic carbocycles. The van der Waals surface area contributed by atoms with E-state index in [4.69, 9.17) is 18.5 Å². The highest BCUT2D eigenvalue weighted by atomic mass is 31.2. The first kappa shape index (κ1) is 86.2. The number of hydrogen-bond acceptors (Lipinski definition) is 8. The van der Waals surface area contributed by atoms with Crippen LogP contribution in [0.5, 0.6) is 0 Å². The smallest absolute Gasteiger partial charge is 0.306 e. The van der Waals surface area contributed by atoms with E-state index < -0.39 is 26.5 Å². The number of allylic oxidation sites excluding steroid dienone is 22. The van der Waals surface area contributed by atoms with E-state index in [1.54, 1.807) is 0 Å². The van der Waals surface area contributed by atoms with Crippen molar-refractivity contribution in [3.63, 3.8) is 0 Å². The van der Waals surface area contributed by atoms with Crippen LogP contribution in [-0.2, 0) is 32.7 Å². The van der Waals surface area contributed by atoms with Crippen LogP contribution in [0, 0.1) is 0 Å². The third kappa shape index (κ3) is 73.2. The fourth-order valence-electron chi connectivity index (χ4n) is 10.0. The predicted molar refractivity (Wildman–Crippen MR) is 388 cm³/mol. The molecule has 10 heteroatoms. The summed E-state index contributed by atoms with van der Waals surface area (Å²) in [5, 5.41) is 0. The molecule has 0 spiro atoms. The van der Waals surface area contributed by atoms with E-state index in [-0.39, 0.29) is 32.0 Å². The molecule has 0 aromatic heterocycles. The molecule has 0 N–H and O–H groups in total. The maximum Gasteiger partial charge on any atom is 0.306 e. The number of nitrogens with zero attached hydrogens (tertiary/aromatic N) is 1. The van der Waals surface area contributed by atoms with E-state index in [1.807, 2.05) is 21.1 Å². The molecule has 2 atom stereocenters. The highest BCUT2D eigenvalue weighted by Gasteiger charge is 2.22. The van der Waals surface area contributed by atoms with Crippen LogP contribution in [0.3, 0.4) is 0 Å². The molecule has 0 fully saturated rings. The van der Waals surface area contributed by atoms with Crippen molar-refractivity contribution in [1.29, 1.82) is 0 Å². The average Bonchev–Trinajstić information content (AvgIpc) is 3.62. The summed E-state index contributed by atoms with van der Waals surface area (Å²) in [5.41, 5.74) is 0. The molecule has 0 aromatic carbocycles. The SMILES string of the molecule is CC/C=C\C/C=C\C/C=C\C/C=C\C/C=C\C/C=C\C/C=C\C/C=C\CCCCCCCCCCCCCCCCCCC(=O)OC(COC(=O)CCCCCCCCCCCC/C=C\C/C=C\C/C=C\CCCCCCC)COP(=O)([O-])OCC[N+](C)(C)C. The lowest BCUT2D eigenvalue weighted by Crippen LogP contribution is -2.37. The first-order chi connectivity index (χ1) is 44.0. The van der Waals surface area contributed by atoms with Crippen LogP contribution in [0.4, 0.5) is 0 Å². The third-order valence-electron chi connectivity index (χ3n) is 15.7. The number of unbranched alkanes of at least 4 members (excludes halogenated alkanes) is 31. The van der Waals surface area contributed by atoms with Crippen molar-refractivity contribution in [3.05, 3.63) is 134 Å². The largest absolute Gasteiger partial charge is 0.756 e. The van der Waals surface area contributed by atoms with Crippen LogP contribution in [0.2, 0.25) is 0 Å². The Bertz CT molecular complexity index is 1980. The Morgan fingerprint density at radius 3 is 0.944 bits per heavy atom. The molecule has 9 nitrogen and oxygen atoms in total. The van der Waals surface area contributed by atoms with Crippen molar-refractivity contribution in [1.82, 2.24) is 0 Å². The predicted octanol–water partition coefficient (Wildman–Crippen LogP) is 23.8. The van der Waals surface area contributed by atoms with Gasteiger partial charge in [0.25, 0.3) is 7.82 Å². The van der Waals surface area contributed by atoms with Gasteiger partial charge in [0.2, 0.25) is 0 Å². The Morgan fingerprint density at radius 2 is 0.633 bits per heavy atom. The molecule has 2 unspecified atom stereocenters. The van der Waals surface area contributed by atoms with Gasteiger partial charge < -0.3 is 27.9 Å². The van der Waals surface area contributed by atoms with Gasteiger partial charge in [-0.25, -0.2) is 0 Å². The zero-order valence-electron chi connectivity index (χ0n) is 58.8. The van der Waals surface area contributed by atoms with E-state index in [9.17, 15) is 19.0 Å². The number of quaternary nitrogens is 1. The third-order valence-corrected chi connectivity index (χ3v) is 16.6. The number of hydrogen-bond donors (Lipinski definition) is 0. The first-order valence-corrected chi connectivity index (χ1v) is 38.4. The second-order valence-electron chi connectivity index (χ2n) is 25.6. The van der Waals surface area contributed by atoms with E-state index in [0.717, 1.165) is 109 Å². The molecule has 0 bridgehead atoms. The number of carbonyl (C=O) groups excluding carboxylic acids is 2. The van der Waals surface area contributed by atoms with Crippen molar-refractivity contribution in [2.24, 2.45) is 0 Å². The molecule has 0 radical (unpaired) electrons. The maximum atomic E-state index is 12.9. The van der Waals surface area contributed by atoms with E-state index >= 15 is 0 Å². The lowest BCUT2D eigenvalue weighted by atomic mass is 10.0. The summed E-state index contributed by atoms with van der Waals surface area (Å²) < 4.78 is 34.3. The minimum atomic E-state index is -4.65. The fraction of sp³-hybridized carbons (Fsp3) is 0.700. The number of esters is 2. The molecule has 0 aliphatic rings. The molecule has 90 heavy (non-hydrogen) atoms. The molecule has 0 saturated heterocycles. The lowest BCUT2D eigenvalue weighted by Gasteiger charge is -2.28. The molecule has 0 aromatic rings. The van der Waals surface area contributed by atoms with Crippen molar-refractivity contribution in [3.8, 4) is 0 Å². The maximum absolute atomic E-state index is 12.9. The monoisotopic (exact) mass is 1270 g/mol. The molecule has 0 amide bonds. The zero-order valence-corrected chi connectivity index (χ0v) is 59.7. The summed E-state index contributed by atoms with van der Waals surface area (Å²) >= 11 is 0. The number of likely N-dealkylation sites (N-methyl/N-ethyl adjacent to an activating group) is 1. The second kappa shape index (κ2) is 69.5. The van der Waals surface area contributed by atoms with Crippen LogP contribution >= 0.6 is 7.82 Å². The Balaban J connectivity index is 4.02. The van der Waals surface area contributed by atoms with Gasteiger partial charge in [0, 0.05) is 12.8 Å². The van der Waals surface area contributed by atoms with Gasteiger partial charge in [0.15, 0.2) is 6.10 Å². The van der Waals surface area contributed by atoms with Crippen LogP contribution in [0.25, 0.3) is 0 Å². The standard InChI is InChI=1S/C80H138NO8P/c1-6-8-10-12-14-16-18-20-22-24-26-28-30-32-33-34-35-36-37-38-39-40-41-42-43-44-45-46-47-49-51-53-55-57-59-61-63-65-67-69-71-73-80(83)89-78(77-88-90(84,85)87-75-74-81(3,4)5)76-86-79(82)72-70-68-66-64-62-60-58-56-54-52-50-48-31-29-27-25-23-21-19-17-15-13-11-9-7-2/h8,10,14,16,19-22,25-28,31-33,35-36,38-39,41-42,48,78H,6-7,9,11-13,15,17-18,23-24,29-30,34,37,40,43-47,49-77H2,1-5H3/b10-8-,16-14-,21-19-,22-20-,27-25-,28-26-,33-32-,36-35-,39-38-,42-41-,48-31-. The molecular formula is C80H138NO8P. The molecular weight excluding hydrogens is 1130 g/mol. The number of ether oxygens (including phenoxy) is 2. The Kier molecular flexibility index (Phi) is 66.5. The quantitative estimate of drug-likeness (QED) is 0.0195. The van der Waals surface area contributed by atoms with Crippen molar-refractivity contribution < 1.29 is 42.1 Å². The van der Waals surface area contributed by atoms with E-state index in [1.165, 1.54) is 167 Å². The lowest BCUT2D eigenvalue weighted by molar-refractivity contribution is -0.870. The minimum Gasteiger partial charge on any atom is -0.756 e. The summed E-state index contributed by atoms with van der Waals surface area (Å²) in [6.07, 6.45) is 101. The van der Waals surface area contributed by atoms with Crippen LogP contribution in [0.1, 0.15) is 309 Å². The summed E-state index contributed by atoms with van der Waals surface area (Å²) in [6.45, 7) is 4.13. The molecule has 516 valence electrons. The van der Waals surface area contributed by atoms with Gasteiger partial charge >= 0.3 is 11.9 Å². The summed E-state index contributed by atoms with van der Waals surface area (Å²) in [4.78, 5) is 38.1. The van der Waals surface area contributed by atoms with Gasteiger partial charge in [-0.3, -0.25) is 14.2 Å². The van der Waals surface area contributed by atoms with Gasteiger partial charge in [-0.05, 0) is 116 Å². The normalized spacial score (nSPS) is 13.9. The van der Waals surface area contributed by atoms with E-state index in [2.05, 4.69) is 148 Å². The van der Waals surface area contributed by atoms with Crippen LogP contribution < -0.4 is 4.89 Å². The first-order valence-electron chi connectivity index (χ1n) is 36.9. The van der Waals surface area contributed by atoms with Crippen molar-refractivity contribution >= 4 is 19.8 Å². The second-order valence-corrected chi connectivity index (χ2v) is 27.0. The van der Waals surface area contributed by atoms with Gasteiger partial charge in [0.1, 0.15) is 19.8 Å². The van der Waals surface area contributed by atoms with Crippen LogP contribution in [0.15, 0.2) is 134 Å². The molecule has 0 heterocycles. The van der Waals surface area contributed by atoms with Crippen molar-refractivity contribution in [2.45, 2.75) is 315 Å². The van der Waals surface area contributed by atoms with Gasteiger partial charge in [-0.2, -0.15) is 0 Å². The molecule has 0 rings (SSSR count). The zero-order chi connectivity index (χ0) is 65.5. The Morgan fingerprint density at radius 1 is 0.356 bits per heavy atom. The Hall–Kier alpha value is -3.85. The molecule has 0 saturated carbocycles. The van der Waals surface area contributed by atoms with Crippen LogP contribution in [-0.4, -0.2) is 70.0 Å². The van der Waals surface area contributed by atoms with Gasteiger partial charge in [-0.15, -0.1) is 0 Å². The average molecular weight is 1270 g/mol. The number of rotatable bonds is 67. The highest BCUT2D eigenvalue weighted by Crippen LogP contribution is 2.38. The summed E-state index contributed by atoms with van der Waals surface area (Å²) in [5.74, 6) is -0.834. The summed E-state index contributed by atoms with van der Waals surface area (Å²) in [6, 6.07) is 0. The topological polar surface area (TPSA) is 111 Å².